The second-order valence-electron chi connectivity index (χ2n) is 7.22. The molecule has 112 valence electrons. The van der Waals surface area contributed by atoms with Crippen molar-refractivity contribution in [2.45, 2.75) is 66.8 Å². The Balaban J connectivity index is 3.83. The number of ketones is 1. The van der Waals surface area contributed by atoms with Crippen LogP contribution >= 0.6 is 0 Å². The molecule has 0 bridgehead atoms. The highest BCUT2D eigenvalue weighted by molar-refractivity contribution is 5.88. The predicted molar refractivity (Wildman–Crippen MR) is 78.8 cm³/mol. The smallest absolute Gasteiger partial charge is 0.225 e. The third-order valence-corrected chi connectivity index (χ3v) is 2.98. The van der Waals surface area contributed by atoms with Gasteiger partial charge >= 0.3 is 0 Å². The fourth-order valence-electron chi connectivity index (χ4n) is 1.64. The van der Waals surface area contributed by atoms with Gasteiger partial charge in [-0.05, 0) is 19.3 Å². The quantitative estimate of drug-likeness (QED) is 0.727. The summed E-state index contributed by atoms with van der Waals surface area (Å²) in [4.78, 5) is 23.5. The van der Waals surface area contributed by atoms with E-state index in [-0.39, 0.29) is 22.5 Å². The molecular formula is C15H30N2O2. The van der Waals surface area contributed by atoms with Crippen molar-refractivity contribution in [1.82, 2.24) is 5.32 Å². The SMILES string of the molecule is CC(C)(C)C(=O)NCCCCC(N)C(=O)C(C)(C)C. The lowest BCUT2D eigenvalue weighted by molar-refractivity contribution is -0.129. The van der Waals surface area contributed by atoms with Gasteiger partial charge in [0.25, 0.3) is 0 Å². The number of nitrogens with two attached hydrogens (primary N) is 1. The van der Waals surface area contributed by atoms with Crippen LogP contribution in [-0.4, -0.2) is 24.3 Å². The first-order valence-corrected chi connectivity index (χ1v) is 7.04. The minimum Gasteiger partial charge on any atom is -0.356 e. The molecule has 19 heavy (non-hydrogen) atoms. The Morgan fingerprint density at radius 1 is 1.00 bits per heavy atom. The molecule has 0 rings (SSSR count). The maximum atomic E-state index is 11.9. The third-order valence-electron chi connectivity index (χ3n) is 2.98. The summed E-state index contributed by atoms with van der Waals surface area (Å²) >= 11 is 0. The number of Topliss-reactive ketones (excluding diaryl/α,β-unsaturated/α-hetero) is 1. The maximum Gasteiger partial charge on any atom is 0.225 e. The average Bonchev–Trinajstić information content (AvgIpc) is 2.24. The van der Waals surface area contributed by atoms with Crippen LogP contribution in [0.1, 0.15) is 60.8 Å². The molecule has 3 N–H and O–H groups in total. The van der Waals surface area contributed by atoms with Crippen molar-refractivity contribution in [2.75, 3.05) is 6.54 Å². The molecule has 0 radical (unpaired) electrons. The van der Waals surface area contributed by atoms with Gasteiger partial charge in [-0.25, -0.2) is 0 Å². The lowest BCUT2D eigenvalue weighted by Crippen LogP contribution is -2.39. The van der Waals surface area contributed by atoms with Crippen LogP contribution in [-0.2, 0) is 9.59 Å². The van der Waals surface area contributed by atoms with Gasteiger partial charge in [0.15, 0.2) is 5.78 Å². The van der Waals surface area contributed by atoms with E-state index in [4.69, 9.17) is 5.73 Å². The van der Waals surface area contributed by atoms with E-state index in [0.717, 1.165) is 12.8 Å². The summed E-state index contributed by atoms with van der Waals surface area (Å²) < 4.78 is 0. The predicted octanol–water partition coefficient (Wildman–Crippen LogP) is 2.26. The highest BCUT2D eigenvalue weighted by Crippen LogP contribution is 2.18. The number of carbonyl (C=O) groups excluding carboxylic acids is 2. The molecule has 0 aromatic heterocycles. The Morgan fingerprint density at radius 3 is 1.95 bits per heavy atom. The zero-order chi connectivity index (χ0) is 15.3. The van der Waals surface area contributed by atoms with E-state index in [1.807, 2.05) is 41.5 Å². The van der Waals surface area contributed by atoms with Crippen LogP contribution in [0.3, 0.4) is 0 Å². The molecule has 0 heterocycles. The van der Waals surface area contributed by atoms with Crippen LogP contribution in [0.2, 0.25) is 0 Å². The molecule has 0 aromatic rings. The summed E-state index contributed by atoms with van der Waals surface area (Å²) in [6.45, 7) is 12.0. The van der Waals surface area contributed by atoms with Gasteiger partial charge in [-0.15, -0.1) is 0 Å². The Bertz CT molecular complexity index is 311. The summed E-state index contributed by atoms with van der Waals surface area (Å²) in [5, 5.41) is 2.89. The highest BCUT2D eigenvalue weighted by Gasteiger charge is 2.26. The van der Waals surface area contributed by atoms with E-state index >= 15 is 0 Å². The van der Waals surface area contributed by atoms with E-state index in [2.05, 4.69) is 5.32 Å². The first kappa shape index (κ1) is 18.1. The second-order valence-corrected chi connectivity index (χ2v) is 7.22. The number of unbranched alkanes of at least 4 members (excludes halogenated alkanes) is 1. The fraction of sp³-hybridized carbons (Fsp3) is 0.867. The van der Waals surface area contributed by atoms with Crippen molar-refractivity contribution in [3.05, 3.63) is 0 Å². The third kappa shape index (κ3) is 7.31. The summed E-state index contributed by atoms with van der Waals surface area (Å²) in [5.41, 5.74) is 5.15. The molecule has 1 amide bonds. The molecule has 1 unspecified atom stereocenters. The van der Waals surface area contributed by atoms with Crippen molar-refractivity contribution in [3.8, 4) is 0 Å². The van der Waals surface area contributed by atoms with Gasteiger partial charge < -0.3 is 11.1 Å². The van der Waals surface area contributed by atoms with Crippen LogP contribution in [0.5, 0.6) is 0 Å². The highest BCUT2D eigenvalue weighted by atomic mass is 16.2. The van der Waals surface area contributed by atoms with Crippen LogP contribution < -0.4 is 11.1 Å². The van der Waals surface area contributed by atoms with Crippen LogP contribution in [0, 0.1) is 10.8 Å². The van der Waals surface area contributed by atoms with Gasteiger partial charge in [0.1, 0.15) is 0 Å². The van der Waals surface area contributed by atoms with Crippen LogP contribution in [0.15, 0.2) is 0 Å². The summed E-state index contributed by atoms with van der Waals surface area (Å²) in [6.07, 6.45) is 2.39. The van der Waals surface area contributed by atoms with Gasteiger partial charge in [-0.2, -0.15) is 0 Å². The Morgan fingerprint density at radius 2 is 1.53 bits per heavy atom. The molecule has 4 heteroatoms. The number of amides is 1. The maximum absolute atomic E-state index is 11.9. The Kier molecular flexibility index (Phi) is 6.70. The number of hydrogen-bond donors (Lipinski definition) is 2. The first-order valence-electron chi connectivity index (χ1n) is 7.04. The fourth-order valence-corrected chi connectivity index (χ4v) is 1.64. The molecule has 0 saturated heterocycles. The molecule has 0 aliphatic heterocycles. The first-order chi connectivity index (χ1) is 8.46. The van der Waals surface area contributed by atoms with Gasteiger partial charge in [-0.3, -0.25) is 9.59 Å². The van der Waals surface area contributed by atoms with Crippen molar-refractivity contribution in [2.24, 2.45) is 16.6 Å². The molecule has 0 spiro atoms. The van der Waals surface area contributed by atoms with Crippen LogP contribution in [0.4, 0.5) is 0 Å². The van der Waals surface area contributed by atoms with E-state index in [1.165, 1.54) is 0 Å². The van der Waals surface area contributed by atoms with Crippen molar-refractivity contribution >= 4 is 11.7 Å². The summed E-state index contributed by atoms with van der Waals surface area (Å²) in [7, 11) is 0. The molecule has 0 aliphatic rings. The normalized spacial score (nSPS) is 14.1. The zero-order valence-corrected chi connectivity index (χ0v) is 13.3. The molecule has 0 saturated carbocycles. The lowest BCUT2D eigenvalue weighted by atomic mass is 9.85. The standard InChI is InChI=1S/C15H30N2O2/c1-14(2,3)12(18)11(16)9-7-8-10-17-13(19)15(4,5)6/h11H,7-10,16H2,1-6H3,(H,17,19). The number of rotatable bonds is 6. The topological polar surface area (TPSA) is 72.2 Å². The van der Waals surface area contributed by atoms with E-state index in [1.54, 1.807) is 0 Å². The summed E-state index contributed by atoms with van der Waals surface area (Å²) in [5.74, 6) is 0.161. The number of carbonyl (C=O) groups is 2. The monoisotopic (exact) mass is 270 g/mol. The van der Waals surface area contributed by atoms with Crippen molar-refractivity contribution < 1.29 is 9.59 Å². The van der Waals surface area contributed by atoms with Crippen molar-refractivity contribution in [1.29, 1.82) is 0 Å². The molecular weight excluding hydrogens is 240 g/mol. The Labute approximate surface area is 117 Å². The van der Waals surface area contributed by atoms with Gasteiger partial charge in [0, 0.05) is 17.4 Å². The molecule has 0 fully saturated rings. The minimum atomic E-state index is -0.390. The molecule has 0 aliphatic carbocycles. The second kappa shape index (κ2) is 7.04. The van der Waals surface area contributed by atoms with Crippen LogP contribution in [0.25, 0.3) is 0 Å². The summed E-state index contributed by atoms with van der Waals surface area (Å²) in [6, 6.07) is -0.390. The molecule has 0 aromatic carbocycles. The largest absolute Gasteiger partial charge is 0.356 e. The van der Waals surface area contributed by atoms with E-state index < -0.39 is 6.04 Å². The van der Waals surface area contributed by atoms with E-state index in [0.29, 0.717) is 13.0 Å². The molecule has 1 atom stereocenters. The number of nitrogens with one attached hydrogen (secondary N) is 1. The minimum absolute atomic E-state index is 0.0579. The Hall–Kier alpha value is -0.900. The zero-order valence-electron chi connectivity index (χ0n) is 13.3. The van der Waals surface area contributed by atoms with Gasteiger partial charge in [0.2, 0.25) is 5.91 Å². The van der Waals surface area contributed by atoms with Gasteiger partial charge in [-0.1, -0.05) is 41.5 Å². The van der Waals surface area contributed by atoms with Crippen molar-refractivity contribution in [3.63, 3.8) is 0 Å². The average molecular weight is 270 g/mol. The number of hydrogen-bond acceptors (Lipinski definition) is 3. The van der Waals surface area contributed by atoms with E-state index in [9.17, 15) is 9.59 Å². The van der Waals surface area contributed by atoms with Gasteiger partial charge in [0.05, 0.1) is 6.04 Å². The lowest BCUT2D eigenvalue weighted by Gasteiger charge is -2.21. The molecule has 4 nitrogen and oxygen atoms in total.